The molecule has 1 N–H and O–H groups in total. The zero-order chi connectivity index (χ0) is 17.4. The van der Waals surface area contributed by atoms with Crippen LogP contribution in [0.3, 0.4) is 0 Å². The number of carbonyl (C=O) groups is 2. The van der Waals surface area contributed by atoms with Crippen LogP contribution in [0, 0.1) is 0 Å². The van der Waals surface area contributed by atoms with Gasteiger partial charge in [0.05, 0.1) is 0 Å². The predicted octanol–water partition coefficient (Wildman–Crippen LogP) is 3.79. The highest BCUT2D eigenvalue weighted by Gasteiger charge is 2.21. The molecule has 6 heteroatoms. The molecule has 0 unspecified atom stereocenters. The Kier molecular flexibility index (Phi) is 6.81. The van der Waals surface area contributed by atoms with Gasteiger partial charge >= 0.3 is 5.97 Å². The quantitative estimate of drug-likeness (QED) is 0.729. The van der Waals surface area contributed by atoms with Gasteiger partial charge in [-0.1, -0.05) is 47.1 Å². The molecule has 2 aromatic rings. The van der Waals surface area contributed by atoms with Crippen LogP contribution in [0.5, 0.6) is 5.75 Å². The van der Waals surface area contributed by atoms with E-state index in [9.17, 15) is 9.59 Å². The van der Waals surface area contributed by atoms with Gasteiger partial charge in [0.25, 0.3) is 5.91 Å². The molecule has 5 nitrogen and oxygen atoms in total. The third kappa shape index (κ3) is 5.70. The van der Waals surface area contributed by atoms with Gasteiger partial charge < -0.3 is 14.8 Å². The van der Waals surface area contributed by atoms with Crippen LogP contribution < -0.4 is 10.1 Å². The van der Waals surface area contributed by atoms with Gasteiger partial charge in [0.1, 0.15) is 5.75 Å². The fraction of sp³-hybridized carbons (Fsp3) is 0.222. The van der Waals surface area contributed by atoms with Crippen molar-refractivity contribution >= 4 is 33.5 Å². The summed E-state index contributed by atoms with van der Waals surface area (Å²) in [5, 5.41) is 2.66. The maximum Gasteiger partial charge on any atom is 0.347 e. The zero-order valence-corrected chi connectivity index (χ0v) is 14.8. The van der Waals surface area contributed by atoms with E-state index in [-0.39, 0.29) is 6.61 Å². The minimum absolute atomic E-state index is 0.361. The molecule has 0 spiro atoms. The molecule has 2 aromatic carbocycles. The smallest absolute Gasteiger partial charge is 0.347 e. The number of anilines is 1. The van der Waals surface area contributed by atoms with Gasteiger partial charge in [-0.2, -0.15) is 0 Å². The highest BCUT2D eigenvalue weighted by Crippen LogP contribution is 2.16. The van der Waals surface area contributed by atoms with E-state index in [0.29, 0.717) is 17.9 Å². The Labute approximate surface area is 149 Å². The second-order valence-corrected chi connectivity index (χ2v) is 5.91. The number of hydrogen-bond acceptors (Lipinski definition) is 4. The molecule has 1 amide bonds. The number of ether oxygens (including phenoxy) is 2. The molecule has 0 heterocycles. The Balaban J connectivity index is 1.83. The average Bonchev–Trinajstić information content (AvgIpc) is 2.58. The Morgan fingerprint density at radius 2 is 1.88 bits per heavy atom. The maximum absolute atomic E-state index is 12.1. The van der Waals surface area contributed by atoms with Crippen molar-refractivity contribution in [3.8, 4) is 5.75 Å². The first-order chi connectivity index (χ1) is 11.6. The lowest BCUT2D eigenvalue weighted by atomic mass is 10.2. The van der Waals surface area contributed by atoms with Crippen molar-refractivity contribution in [2.45, 2.75) is 19.4 Å². The lowest BCUT2D eigenvalue weighted by Gasteiger charge is -2.16. The number of esters is 1. The van der Waals surface area contributed by atoms with Crippen LogP contribution >= 0.6 is 15.9 Å². The number of nitrogens with one attached hydrogen (secondary N) is 1. The van der Waals surface area contributed by atoms with E-state index in [0.717, 1.165) is 4.47 Å². The molecule has 0 saturated carbocycles. The number of halogens is 1. The van der Waals surface area contributed by atoms with Crippen LogP contribution in [0.2, 0.25) is 0 Å². The summed E-state index contributed by atoms with van der Waals surface area (Å²) in [5.41, 5.74) is 0.623. The van der Waals surface area contributed by atoms with Gasteiger partial charge in [0.15, 0.2) is 12.7 Å². The van der Waals surface area contributed by atoms with Gasteiger partial charge in [-0.05, 0) is 36.8 Å². The summed E-state index contributed by atoms with van der Waals surface area (Å²) in [6.07, 6.45) is -0.299. The normalized spacial score (nSPS) is 11.4. The zero-order valence-electron chi connectivity index (χ0n) is 13.2. The van der Waals surface area contributed by atoms with Crippen molar-refractivity contribution in [2.75, 3.05) is 11.9 Å². The van der Waals surface area contributed by atoms with Crippen molar-refractivity contribution in [3.63, 3.8) is 0 Å². The summed E-state index contributed by atoms with van der Waals surface area (Å²) in [4.78, 5) is 23.9. The molecule has 0 bridgehead atoms. The van der Waals surface area contributed by atoms with E-state index in [2.05, 4.69) is 21.2 Å². The minimum Gasteiger partial charge on any atom is -0.479 e. The fourth-order valence-corrected chi connectivity index (χ4v) is 2.35. The Bertz CT molecular complexity index is 690. The van der Waals surface area contributed by atoms with Crippen molar-refractivity contribution in [1.82, 2.24) is 0 Å². The maximum atomic E-state index is 12.1. The van der Waals surface area contributed by atoms with Crippen molar-refractivity contribution in [1.29, 1.82) is 0 Å². The predicted molar refractivity (Wildman–Crippen MR) is 94.9 cm³/mol. The van der Waals surface area contributed by atoms with E-state index in [1.807, 2.05) is 31.2 Å². The highest BCUT2D eigenvalue weighted by atomic mass is 79.9. The van der Waals surface area contributed by atoms with E-state index in [1.165, 1.54) is 0 Å². The van der Waals surface area contributed by atoms with Crippen LogP contribution in [-0.4, -0.2) is 24.6 Å². The molecule has 0 saturated heterocycles. The second kappa shape index (κ2) is 9.08. The number of carbonyl (C=O) groups excluding carboxylic acids is 2. The number of hydrogen-bond donors (Lipinski definition) is 1. The standard InChI is InChI=1S/C18H18BrNO4/c1-2-16(24-15-9-4-3-5-10-15)18(22)23-12-17(21)20-14-8-6-7-13(19)11-14/h3-11,16H,2,12H2,1H3,(H,20,21)/t16-/m1/s1. The van der Waals surface area contributed by atoms with Crippen LogP contribution in [0.25, 0.3) is 0 Å². The second-order valence-electron chi connectivity index (χ2n) is 4.99. The van der Waals surface area contributed by atoms with Gasteiger partial charge in [-0.25, -0.2) is 4.79 Å². The highest BCUT2D eigenvalue weighted by molar-refractivity contribution is 9.10. The van der Waals surface area contributed by atoms with Crippen LogP contribution in [0.1, 0.15) is 13.3 Å². The summed E-state index contributed by atoms with van der Waals surface area (Å²) in [6, 6.07) is 16.2. The average molecular weight is 392 g/mol. The third-order valence-electron chi connectivity index (χ3n) is 3.11. The van der Waals surface area contributed by atoms with Gasteiger partial charge in [-0.3, -0.25) is 4.79 Å². The molecular formula is C18H18BrNO4. The number of para-hydroxylation sites is 1. The summed E-state index contributed by atoms with van der Waals surface area (Å²) in [6.45, 7) is 1.45. The molecular weight excluding hydrogens is 374 g/mol. The van der Waals surface area contributed by atoms with Gasteiger partial charge in [0.2, 0.25) is 0 Å². The molecule has 126 valence electrons. The Hall–Kier alpha value is -2.34. The number of amides is 1. The molecule has 0 fully saturated rings. The largest absolute Gasteiger partial charge is 0.479 e. The van der Waals surface area contributed by atoms with E-state index < -0.39 is 18.0 Å². The van der Waals surface area contributed by atoms with E-state index in [1.54, 1.807) is 30.3 Å². The molecule has 0 aliphatic heterocycles. The SMILES string of the molecule is CC[C@@H](Oc1ccccc1)C(=O)OCC(=O)Nc1cccc(Br)c1. The lowest BCUT2D eigenvalue weighted by Crippen LogP contribution is -2.31. The first-order valence-corrected chi connectivity index (χ1v) is 8.31. The Morgan fingerprint density at radius 3 is 2.54 bits per heavy atom. The van der Waals surface area contributed by atoms with Crippen LogP contribution in [0.4, 0.5) is 5.69 Å². The topological polar surface area (TPSA) is 64.6 Å². The van der Waals surface area contributed by atoms with Gasteiger partial charge in [-0.15, -0.1) is 0 Å². The summed E-state index contributed by atoms with van der Waals surface area (Å²) >= 11 is 3.32. The molecule has 0 radical (unpaired) electrons. The summed E-state index contributed by atoms with van der Waals surface area (Å²) in [5.74, 6) is -0.387. The Morgan fingerprint density at radius 1 is 1.12 bits per heavy atom. The number of benzene rings is 2. The van der Waals surface area contributed by atoms with Crippen molar-refractivity contribution < 1.29 is 19.1 Å². The van der Waals surface area contributed by atoms with E-state index in [4.69, 9.17) is 9.47 Å². The first kappa shape index (κ1) is 18.0. The number of rotatable bonds is 7. The lowest BCUT2D eigenvalue weighted by molar-refractivity contribution is -0.154. The molecule has 1 atom stereocenters. The van der Waals surface area contributed by atoms with Crippen LogP contribution in [0.15, 0.2) is 59.1 Å². The monoisotopic (exact) mass is 391 g/mol. The minimum atomic E-state index is -0.744. The van der Waals surface area contributed by atoms with Crippen molar-refractivity contribution in [3.05, 3.63) is 59.1 Å². The van der Waals surface area contributed by atoms with Gasteiger partial charge in [0, 0.05) is 10.2 Å². The molecule has 0 aliphatic rings. The third-order valence-corrected chi connectivity index (χ3v) is 3.60. The molecule has 2 rings (SSSR count). The van der Waals surface area contributed by atoms with Crippen molar-refractivity contribution in [2.24, 2.45) is 0 Å². The molecule has 0 aromatic heterocycles. The van der Waals surface area contributed by atoms with Crippen LogP contribution in [-0.2, 0) is 14.3 Å². The summed E-state index contributed by atoms with van der Waals surface area (Å²) in [7, 11) is 0. The van der Waals surface area contributed by atoms with E-state index >= 15 is 0 Å². The first-order valence-electron chi connectivity index (χ1n) is 7.52. The molecule has 0 aliphatic carbocycles. The summed E-state index contributed by atoms with van der Waals surface area (Å²) < 4.78 is 11.5. The molecule has 24 heavy (non-hydrogen) atoms. The fourth-order valence-electron chi connectivity index (χ4n) is 1.95.